The van der Waals surface area contributed by atoms with E-state index in [1.165, 1.54) is 0 Å². The molecule has 3 aromatic rings. The molecular weight excluding hydrogens is 252 g/mol. The monoisotopic (exact) mass is 268 g/mol. The van der Waals surface area contributed by atoms with E-state index in [2.05, 4.69) is 15.3 Å². The number of H-pyrrole nitrogens is 1. The number of aromatic amines is 1. The fraction of sp³-hybridized carbons (Fsp3) is 0.200. The summed E-state index contributed by atoms with van der Waals surface area (Å²) in [5, 5.41) is 2.88. The molecule has 0 aliphatic carbocycles. The predicted molar refractivity (Wildman–Crippen MR) is 77.4 cm³/mol. The molecule has 0 aliphatic heterocycles. The van der Waals surface area contributed by atoms with Gasteiger partial charge in [0.25, 0.3) is 5.91 Å². The van der Waals surface area contributed by atoms with Gasteiger partial charge in [-0.25, -0.2) is 4.98 Å². The SMILES string of the molecule is CCn1cccc1C(=O)NCc1nc2ccccc2[nH]1. The van der Waals surface area contributed by atoms with Crippen molar-refractivity contribution in [2.75, 3.05) is 0 Å². The molecule has 0 spiro atoms. The van der Waals surface area contributed by atoms with Gasteiger partial charge in [0.15, 0.2) is 0 Å². The minimum absolute atomic E-state index is 0.0858. The van der Waals surface area contributed by atoms with Crippen LogP contribution >= 0.6 is 0 Å². The predicted octanol–water partition coefficient (Wildman–Crippen LogP) is 2.31. The van der Waals surface area contributed by atoms with Crippen molar-refractivity contribution in [1.29, 1.82) is 0 Å². The molecule has 102 valence electrons. The summed E-state index contributed by atoms with van der Waals surface area (Å²) in [5.41, 5.74) is 2.56. The van der Waals surface area contributed by atoms with E-state index in [1.54, 1.807) is 0 Å². The van der Waals surface area contributed by atoms with Crippen molar-refractivity contribution in [2.24, 2.45) is 0 Å². The Bertz CT molecular complexity index is 708. The second-order valence-corrected chi connectivity index (χ2v) is 4.56. The average molecular weight is 268 g/mol. The molecule has 0 unspecified atom stereocenters. The molecule has 5 nitrogen and oxygen atoms in total. The number of aryl methyl sites for hydroxylation is 1. The summed E-state index contributed by atoms with van der Waals surface area (Å²) in [6.45, 7) is 3.18. The van der Waals surface area contributed by atoms with Gasteiger partial charge in [0.05, 0.1) is 17.6 Å². The summed E-state index contributed by atoms with van der Waals surface area (Å²) in [6.07, 6.45) is 1.90. The van der Waals surface area contributed by atoms with Gasteiger partial charge >= 0.3 is 0 Å². The normalized spacial score (nSPS) is 10.8. The Morgan fingerprint density at radius 1 is 1.30 bits per heavy atom. The van der Waals surface area contributed by atoms with Gasteiger partial charge < -0.3 is 14.9 Å². The lowest BCUT2D eigenvalue weighted by Crippen LogP contribution is -2.25. The van der Waals surface area contributed by atoms with Gasteiger partial charge in [0, 0.05) is 12.7 Å². The number of para-hydroxylation sites is 2. The molecular formula is C15H16N4O. The van der Waals surface area contributed by atoms with Crippen LogP contribution in [0.15, 0.2) is 42.6 Å². The van der Waals surface area contributed by atoms with Crippen LogP contribution in [0.2, 0.25) is 0 Å². The van der Waals surface area contributed by atoms with E-state index in [-0.39, 0.29) is 5.91 Å². The van der Waals surface area contributed by atoms with Gasteiger partial charge in [0.1, 0.15) is 11.5 Å². The van der Waals surface area contributed by atoms with Crippen molar-refractivity contribution in [1.82, 2.24) is 19.9 Å². The summed E-state index contributed by atoms with van der Waals surface area (Å²) in [5.74, 6) is 0.673. The molecule has 0 saturated carbocycles. The van der Waals surface area contributed by atoms with Gasteiger partial charge in [-0.1, -0.05) is 12.1 Å². The molecule has 3 rings (SSSR count). The first kappa shape index (κ1) is 12.5. The Morgan fingerprint density at radius 3 is 2.95 bits per heavy atom. The summed E-state index contributed by atoms with van der Waals surface area (Å²) in [4.78, 5) is 19.7. The van der Waals surface area contributed by atoms with Crippen LogP contribution in [0.3, 0.4) is 0 Å². The van der Waals surface area contributed by atoms with Gasteiger partial charge in [-0.2, -0.15) is 0 Å². The Balaban J connectivity index is 1.71. The molecule has 20 heavy (non-hydrogen) atoms. The number of hydrogen-bond acceptors (Lipinski definition) is 2. The Hall–Kier alpha value is -2.56. The third kappa shape index (κ3) is 2.30. The smallest absolute Gasteiger partial charge is 0.268 e. The Kier molecular flexibility index (Phi) is 3.25. The van der Waals surface area contributed by atoms with E-state index in [0.29, 0.717) is 12.2 Å². The highest BCUT2D eigenvalue weighted by Gasteiger charge is 2.10. The number of rotatable bonds is 4. The van der Waals surface area contributed by atoms with Crippen molar-refractivity contribution < 1.29 is 4.79 Å². The van der Waals surface area contributed by atoms with E-state index < -0.39 is 0 Å². The summed E-state index contributed by atoms with van der Waals surface area (Å²) in [6, 6.07) is 11.5. The van der Waals surface area contributed by atoms with Crippen molar-refractivity contribution in [3.05, 3.63) is 54.1 Å². The molecule has 0 radical (unpaired) electrons. The number of hydrogen-bond donors (Lipinski definition) is 2. The number of carbonyl (C=O) groups excluding carboxylic acids is 1. The Labute approximate surface area is 116 Å². The zero-order valence-electron chi connectivity index (χ0n) is 11.3. The first-order valence-corrected chi connectivity index (χ1v) is 6.65. The molecule has 0 saturated heterocycles. The highest BCUT2D eigenvalue weighted by atomic mass is 16.1. The molecule has 1 amide bonds. The van der Waals surface area contributed by atoms with Crippen LogP contribution < -0.4 is 5.32 Å². The van der Waals surface area contributed by atoms with E-state index in [9.17, 15) is 4.79 Å². The number of fused-ring (bicyclic) bond motifs is 1. The fourth-order valence-corrected chi connectivity index (χ4v) is 2.24. The second kappa shape index (κ2) is 5.21. The van der Waals surface area contributed by atoms with E-state index in [1.807, 2.05) is 54.1 Å². The maximum Gasteiger partial charge on any atom is 0.268 e. The van der Waals surface area contributed by atoms with Crippen LogP contribution in [-0.4, -0.2) is 20.4 Å². The first-order valence-electron chi connectivity index (χ1n) is 6.65. The Morgan fingerprint density at radius 2 is 2.15 bits per heavy atom. The van der Waals surface area contributed by atoms with Crippen molar-refractivity contribution >= 4 is 16.9 Å². The fourth-order valence-electron chi connectivity index (χ4n) is 2.24. The maximum absolute atomic E-state index is 12.1. The van der Waals surface area contributed by atoms with Crippen molar-refractivity contribution in [3.8, 4) is 0 Å². The molecule has 0 fully saturated rings. The lowest BCUT2D eigenvalue weighted by molar-refractivity contribution is 0.0941. The molecule has 5 heteroatoms. The molecule has 0 bridgehead atoms. The van der Waals surface area contributed by atoms with E-state index in [0.717, 1.165) is 23.4 Å². The van der Waals surface area contributed by atoms with Crippen LogP contribution in [0, 0.1) is 0 Å². The molecule has 1 aromatic carbocycles. The molecule has 2 heterocycles. The van der Waals surface area contributed by atoms with Crippen molar-refractivity contribution in [3.63, 3.8) is 0 Å². The van der Waals surface area contributed by atoms with Crippen LogP contribution in [-0.2, 0) is 13.1 Å². The number of aromatic nitrogens is 3. The standard InChI is InChI=1S/C15H16N4O/c1-2-19-9-5-8-13(19)15(20)16-10-14-17-11-6-3-4-7-12(11)18-14/h3-9H,2,10H2,1H3,(H,16,20)(H,17,18). The van der Waals surface area contributed by atoms with Crippen molar-refractivity contribution in [2.45, 2.75) is 20.0 Å². The van der Waals surface area contributed by atoms with Gasteiger partial charge in [0.2, 0.25) is 0 Å². The summed E-state index contributed by atoms with van der Waals surface area (Å²) < 4.78 is 1.91. The second-order valence-electron chi connectivity index (χ2n) is 4.56. The quantitative estimate of drug-likeness (QED) is 0.762. The lowest BCUT2D eigenvalue weighted by atomic mass is 10.3. The highest BCUT2D eigenvalue weighted by Crippen LogP contribution is 2.10. The van der Waals surface area contributed by atoms with Crippen LogP contribution in [0.1, 0.15) is 23.2 Å². The number of benzene rings is 1. The first-order chi connectivity index (χ1) is 9.78. The zero-order valence-corrected chi connectivity index (χ0v) is 11.3. The minimum atomic E-state index is -0.0858. The van der Waals surface area contributed by atoms with Gasteiger partial charge in [-0.05, 0) is 31.2 Å². The van der Waals surface area contributed by atoms with Crippen LogP contribution in [0.25, 0.3) is 11.0 Å². The topological polar surface area (TPSA) is 62.7 Å². The molecule has 0 atom stereocenters. The van der Waals surface area contributed by atoms with Gasteiger partial charge in [-0.3, -0.25) is 4.79 Å². The zero-order chi connectivity index (χ0) is 13.9. The number of carbonyl (C=O) groups is 1. The number of imidazole rings is 1. The van der Waals surface area contributed by atoms with Crippen LogP contribution in [0.5, 0.6) is 0 Å². The number of nitrogens with zero attached hydrogens (tertiary/aromatic N) is 2. The summed E-state index contributed by atoms with van der Waals surface area (Å²) >= 11 is 0. The third-order valence-corrected chi connectivity index (χ3v) is 3.26. The largest absolute Gasteiger partial charge is 0.344 e. The van der Waals surface area contributed by atoms with E-state index in [4.69, 9.17) is 0 Å². The van der Waals surface area contributed by atoms with Crippen LogP contribution in [0.4, 0.5) is 0 Å². The maximum atomic E-state index is 12.1. The highest BCUT2D eigenvalue weighted by molar-refractivity contribution is 5.92. The summed E-state index contributed by atoms with van der Waals surface area (Å²) in [7, 11) is 0. The number of nitrogens with one attached hydrogen (secondary N) is 2. The lowest BCUT2D eigenvalue weighted by Gasteiger charge is -2.06. The third-order valence-electron chi connectivity index (χ3n) is 3.26. The average Bonchev–Trinajstić information content (AvgIpc) is 3.10. The molecule has 2 aromatic heterocycles. The minimum Gasteiger partial charge on any atom is -0.344 e. The number of amides is 1. The molecule has 0 aliphatic rings. The van der Waals surface area contributed by atoms with Gasteiger partial charge in [-0.15, -0.1) is 0 Å². The molecule has 2 N–H and O–H groups in total. The van der Waals surface area contributed by atoms with E-state index >= 15 is 0 Å².